The molecule has 2 N–H and O–H groups in total. The third-order valence-corrected chi connectivity index (χ3v) is 2.81. The molecule has 0 aromatic heterocycles. The summed E-state index contributed by atoms with van der Waals surface area (Å²) >= 11 is 0. The highest BCUT2D eigenvalue weighted by atomic mass is 16.5. The first kappa shape index (κ1) is 13.4. The van der Waals surface area contributed by atoms with Gasteiger partial charge in [0.2, 0.25) is 0 Å². The standard InChI is InChI=1S/C13H16N2O4/c1-13(2,18)12(17)15(3)8-4-5-10-9(6-8)14-11(16)7-19-10/h4-6,18H,7H2,1-3H3,(H,14,16). The van der Waals surface area contributed by atoms with Crippen molar-refractivity contribution in [2.45, 2.75) is 19.4 Å². The second kappa shape index (κ2) is 4.55. The van der Waals surface area contributed by atoms with Gasteiger partial charge < -0.3 is 20.1 Å². The van der Waals surface area contributed by atoms with Gasteiger partial charge in [-0.1, -0.05) is 0 Å². The quantitative estimate of drug-likeness (QED) is 0.826. The number of hydrogen-bond donors (Lipinski definition) is 2. The van der Waals surface area contributed by atoms with Gasteiger partial charge >= 0.3 is 0 Å². The number of carbonyl (C=O) groups excluding carboxylic acids is 2. The Morgan fingerprint density at radius 1 is 1.47 bits per heavy atom. The molecule has 0 bridgehead atoms. The average molecular weight is 264 g/mol. The molecule has 19 heavy (non-hydrogen) atoms. The third kappa shape index (κ3) is 2.68. The summed E-state index contributed by atoms with van der Waals surface area (Å²) < 4.78 is 5.23. The fourth-order valence-corrected chi connectivity index (χ4v) is 1.81. The highest BCUT2D eigenvalue weighted by Crippen LogP contribution is 2.32. The van der Waals surface area contributed by atoms with Gasteiger partial charge in [-0.25, -0.2) is 0 Å². The number of hydrogen-bond acceptors (Lipinski definition) is 4. The molecule has 0 aliphatic carbocycles. The topological polar surface area (TPSA) is 78.9 Å². The highest BCUT2D eigenvalue weighted by molar-refractivity contribution is 6.00. The molecule has 1 aliphatic heterocycles. The van der Waals surface area contributed by atoms with E-state index < -0.39 is 11.5 Å². The van der Waals surface area contributed by atoms with E-state index in [1.54, 1.807) is 25.2 Å². The van der Waals surface area contributed by atoms with E-state index in [-0.39, 0.29) is 12.5 Å². The maximum Gasteiger partial charge on any atom is 0.262 e. The number of likely N-dealkylation sites (N-methyl/N-ethyl adjacent to an activating group) is 1. The second-order valence-corrected chi connectivity index (χ2v) is 4.94. The zero-order valence-corrected chi connectivity index (χ0v) is 11.1. The monoisotopic (exact) mass is 264 g/mol. The van der Waals surface area contributed by atoms with Gasteiger partial charge in [-0.3, -0.25) is 9.59 Å². The van der Waals surface area contributed by atoms with Crippen LogP contribution in [0.1, 0.15) is 13.8 Å². The molecule has 0 radical (unpaired) electrons. The number of ether oxygens (including phenoxy) is 1. The number of fused-ring (bicyclic) bond motifs is 1. The predicted octanol–water partition coefficient (Wildman–Crippen LogP) is 0.751. The molecule has 2 rings (SSSR count). The predicted molar refractivity (Wildman–Crippen MR) is 70.3 cm³/mol. The first-order chi connectivity index (χ1) is 8.79. The maximum absolute atomic E-state index is 12.0. The van der Waals surface area contributed by atoms with Gasteiger partial charge in [-0.2, -0.15) is 0 Å². The molecule has 1 aliphatic rings. The number of aliphatic hydroxyl groups is 1. The Morgan fingerprint density at radius 2 is 2.16 bits per heavy atom. The van der Waals surface area contributed by atoms with Crippen molar-refractivity contribution in [2.24, 2.45) is 0 Å². The number of nitrogens with zero attached hydrogens (tertiary/aromatic N) is 1. The molecule has 6 heteroatoms. The molecule has 2 amide bonds. The van der Waals surface area contributed by atoms with Crippen LogP contribution in [0.5, 0.6) is 5.75 Å². The summed E-state index contributed by atoms with van der Waals surface area (Å²) in [4.78, 5) is 24.5. The van der Waals surface area contributed by atoms with Crippen molar-refractivity contribution >= 4 is 23.2 Å². The second-order valence-electron chi connectivity index (χ2n) is 4.94. The Kier molecular flexibility index (Phi) is 3.20. The average Bonchev–Trinajstić information content (AvgIpc) is 2.35. The van der Waals surface area contributed by atoms with Crippen molar-refractivity contribution < 1.29 is 19.4 Å². The maximum atomic E-state index is 12.0. The van der Waals surface area contributed by atoms with Gasteiger partial charge in [-0.15, -0.1) is 0 Å². The molecular weight excluding hydrogens is 248 g/mol. The Balaban J connectivity index is 2.29. The van der Waals surface area contributed by atoms with Crippen molar-refractivity contribution in [3.05, 3.63) is 18.2 Å². The lowest BCUT2D eigenvalue weighted by molar-refractivity contribution is -0.133. The molecule has 0 unspecified atom stereocenters. The third-order valence-electron chi connectivity index (χ3n) is 2.81. The smallest absolute Gasteiger partial charge is 0.262 e. The van der Waals surface area contributed by atoms with Crippen LogP contribution in [0.2, 0.25) is 0 Å². The van der Waals surface area contributed by atoms with E-state index in [1.807, 2.05) is 0 Å². The largest absolute Gasteiger partial charge is 0.482 e. The molecule has 1 aromatic rings. The van der Waals surface area contributed by atoms with Gasteiger partial charge in [-0.05, 0) is 32.0 Å². The van der Waals surface area contributed by atoms with Crippen LogP contribution >= 0.6 is 0 Å². The van der Waals surface area contributed by atoms with Gasteiger partial charge in [0.15, 0.2) is 6.61 Å². The number of amides is 2. The van der Waals surface area contributed by atoms with Crippen LogP contribution in [0.4, 0.5) is 11.4 Å². The Labute approximate surface area is 111 Å². The van der Waals surface area contributed by atoms with Crippen molar-refractivity contribution in [1.82, 2.24) is 0 Å². The molecule has 1 heterocycles. The van der Waals surface area contributed by atoms with Crippen LogP contribution < -0.4 is 15.0 Å². The van der Waals surface area contributed by atoms with Crippen LogP contribution in [0.3, 0.4) is 0 Å². The summed E-state index contributed by atoms with van der Waals surface area (Å²) in [5.41, 5.74) is -0.370. The number of anilines is 2. The van der Waals surface area contributed by atoms with Crippen LogP contribution in [-0.4, -0.2) is 36.2 Å². The lowest BCUT2D eigenvalue weighted by atomic mass is 10.1. The zero-order chi connectivity index (χ0) is 14.2. The van der Waals surface area contributed by atoms with Crippen LogP contribution in [-0.2, 0) is 9.59 Å². The van der Waals surface area contributed by atoms with E-state index in [1.165, 1.54) is 18.7 Å². The van der Waals surface area contributed by atoms with Crippen LogP contribution in [0.25, 0.3) is 0 Å². The number of benzene rings is 1. The van der Waals surface area contributed by atoms with E-state index >= 15 is 0 Å². The van der Waals surface area contributed by atoms with Crippen LogP contribution in [0.15, 0.2) is 18.2 Å². The first-order valence-electron chi connectivity index (χ1n) is 5.86. The zero-order valence-electron chi connectivity index (χ0n) is 11.1. The van der Waals surface area contributed by atoms with Crippen LogP contribution in [0, 0.1) is 0 Å². The lowest BCUT2D eigenvalue weighted by Crippen LogP contribution is -2.43. The van der Waals surface area contributed by atoms with E-state index in [0.29, 0.717) is 17.1 Å². The van der Waals surface area contributed by atoms with Crippen molar-refractivity contribution in [3.8, 4) is 5.75 Å². The Morgan fingerprint density at radius 3 is 2.79 bits per heavy atom. The van der Waals surface area contributed by atoms with Gasteiger partial charge in [0, 0.05) is 12.7 Å². The minimum atomic E-state index is -1.45. The fourth-order valence-electron chi connectivity index (χ4n) is 1.81. The highest BCUT2D eigenvalue weighted by Gasteiger charge is 2.28. The minimum absolute atomic E-state index is 0.00914. The normalized spacial score (nSPS) is 14.2. The summed E-state index contributed by atoms with van der Waals surface area (Å²) in [5, 5.41) is 12.4. The van der Waals surface area contributed by atoms with E-state index in [2.05, 4.69) is 5.32 Å². The molecule has 1 aromatic carbocycles. The number of rotatable bonds is 2. The van der Waals surface area contributed by atoms with E-state index in [9.17, 15) is 14.7 Å². The van der Waals surface area contributed by atoms with Crippen molar-refractivity contribution in [1.29, 1.82) is 0 Å². The summed E-state index contributed by atoms with van der Waals surface area (Å²) in [6.45, 7) is 2.84. The van der Waals surface area contributed by atoms with Crippen molar-refractivity contribution in [2.75, 3.05) is 23.9 Å². The van der Waals surface area contributed by atoms with Gasteiger partial charge in [0.1, 0.15) is 11.4 Å². The molecule has 0 saturated heterocycles. The summed E-state index contributed by atoms with van der Waals surface area (Å²) in [6.07, 6.45) is 0. The van der Waals surface area contributed by atoms with E-state index in [4.69, 9.17) is 4.74 Å². The van der Waals surface area contributed by atoms with Gasteiger partial charge in [0.25, 0.3) is 11.8 Å². The van der Waals surface area contributed by atoms with Gasteiger partial charge in [0.05, 0.1) is 5.69 Å². The van der Waals surface area contributed by atoms with Crippen molar-refractivity contribution in [3.63, 3.8) is 0 Å². The molecular formula is C13H16N2O4. The SMILES string of the molecule is CN(C(=O)C(C)(C)O)c1ccc2c(c1)NC(=O)CO2. The first-order valence-corrected chi connectivity index (χ1v) is 5.86. The summed E-state index contributed by atoms with van der Waals surface area (Å²) in [6, 6.07) is 5.01. The molecule has 102 valence electrons. The number of carbonyl (C=O) groups is 2. The summed E-state index contributed by atoms with van der Waals surface area (Å²) in [5.74, 6) is -0.107. The lowest BCUT2D eigenvalue weighted by Gasteiger charge is -2.26. The summed E-state index contributed by atoms with van der Waals surface area (Å²) in [7, 11) is 1.56. The Hall–Kier alpha value is -2.08. The molecule has 0 saturated carbocycles. The number of nitrogens with one attached hydrogen (secondary N) is 1. The fraction of sp³-hybridized carbons (Fsp3) is 0.385. The molecule has 0 fully saturated rings. The molecule has 0 atom stereocenters. The molecule has 0 spiro atoms. The van der Waals surface area contributed by atoms with E-state index in [0.717, 1.165) is 0 Å². The Bertz CT molecular complexity index is 534. The minimum Gasteiger partial charge on any atom is -0.482 e. The molecule has 6 nitrogen and oxygen atoms in total.